The summed E-state index contributed by atoms with van der Waals surface area (Å²) in [4.78, 5) is 0. The molecule has 0 aliphatic carbocycles. The van der Waals surface area contributed by atoms with Gasteiger partial charge in [-0.3, -0.25) is 0 Å². The maximum absolute atomic E-state index is 13.8. The van der Waals surface area contributed by atoms with E-state index in [1.54, 1.807) is 6.07 Å². The molecule has 0 radical (unpaired) electrons. The fourth-order valence-electron chi connectivity index (χ4n) is 1.60. The lowest BCUT2D eigenvalue weighted by Gasteiger charge is -2.18. The predicted molar refractivity (Wildman–Crippen MR) is 65.2 cm³/mol. The van der Waals surface area contributed by atoms with Crippen molar-refractivity contribution >= 4 is 5.69 Å². The molecule has 0 amide bonds. The molecule has 1 N–H and O–H groups in total. The average molecular weight is 269 g/mol. The summed E-state index contributed by atoms with van der Waals surface area (Å²) in [7, 11) is 0. The number of benzene rings is 2. The van der Waals surface area contributed by atoms with E-state index in [1.807, 2.05) is 0 Å². The van der Waals surface area contributed by atoms with Gasteiger partial charge in [0.15, 0.2) is 11.6 Å². The summed E-state index contributed by atoms with van der Waals surface area (Å²) in [5.74, 6) is -5.18. The maximum atomic E-state index is 13.8. The molecule has 0 aliphatic rings. The normalized spacial score (nSPS) is 11.4. The Bertz CT molecular complexity index is 555. The Labute approximate surface area is 107 Å². The standard InChI is InChI=1S/C14H11F4N/c15-12-7-6-11(8-13(12)16)19-9-14(17,18)10-4-2-1-3-5-10/h1-8,19H,9H2. The molecule has 0 fully saturated rings. The molecule has 2 rings (SSSR count). The lowest BCUT2D eigenvalue weighted by atomic mass is 10.1. The number of anilines is 1. The van der Waals surface area contributed by atoms with Crippen molar-refractivity contribution in [1.82, 2.24) is 0 Å². The Hall–Kier alpha value is -2.04. The topological polar surface area (TPSA) is 12.0 Å². The van der Waals surface area contributed by atoms with E-state index in [9.17, 15) is 17.6 Å². The number of rotatable bonds is 4. The summed E-state index contributed by atoms with van der Waals surface area (Å²) < 4.78 is 53.2. The second kappa shape index (κ2) is 5.30. The molecule has 0 saturated carbocycles. The summed E-state index contributed by atoms with van der Waals surface area (Å²) in [5, 5.41) is 2.39. The fourth-order valence-corrected chi connectivity index (χ4v) is 1.60. The highest BCUT2D eigenvalue weighted by molar-refractivity contribution is 5.44. The molecule has 0 aromatic heterocycles. The molecule has 5 heteroatoms. The highest BCUT2D eigenvalue weighted by Crippen LogP contribution is 2.28. The van der Waals surface area contributed by atoms with Gasteiger partial charge in [0.05, 0.1) is 6.54 Å². The monoisotopic (exact) mass is 269 g/mol. The minimum Gasteiger partial charge on any atom is -0.379 e. The fraction of sp³-hybridized carbons (Fsp3) is 0.143. The summed E-state index contributed by atoms with van der Waals surface area (Å²) >= 11 is 0. The molecule has 2 aromatic carbocycles. The third kappa shape index (κ3) is 3.24. The Morgan fingerprint density at radius 3 is 2.21 bits per heavy atom. The molecule has 0 atom stereocenters. The van der Waals surface area contributed by atoms with E-state index in [0.29, 0.717) is 0 Å². The summed E-state index contributed by atoms with van der Waals surface area (Å²) in [6.45, 7) is -0.692. The molecule has 0 spiro atoms. The zero-order valence-corrected chi connectivity index (χ0v) is 9.84. The van der Waals surface area contributed by atoms with Crippen LogP contribution in [0.3, 0.4) is 0 Å². The van der Waals surface area contributed by atoms with E-state index in [4.69, 9.17) is 0 Å². The van der Waals surface area contributed by atoms with Gasteiger partial charge >= 0.3 is 0 Å². The first-order chi connectivity index (χ1) is 8.99. The Kier molecular flexibility index (Phi) is 3.74. The molecule has 2 aromatic rings. The minimum absolute atomic E-state index is 0.106. The van der Waals surface area contributed by atoms with Crippen molar-refractivity contribution in [2.45, 2.75) is 5.92 Å². The van der Waals surface area contributed by atoms with E-state index < -0.39 is 24.1 Å². The summed E-state index contributed by atoms with van der Waals surface area (Å²) in [5.41, 5.74) is -0.0282. The van der Waals surface area contributed by atoms with Gasteiger partial charge in [0.1, 0.15) is 0 Å². The number of alkyl halides is 2. The van der Waals surface area contributed by atoms with Crippen molar-refractivity contribution in [2.75, 3.05) is 11.9 Å². The van der Waals surface area contributed by atoms with Gasteiger partial charge in [-0.05, 0) is 12.1 Å². The van der Waals surface area contributed by atoms with Crippen molar-refractivity contribution in [3.05, 3.63) is 65.7 Å². The van der Waals surface area contributed by atoms with Gasteiger partial charge in [0.2, 0.25) is 0 Å². The quantitative estimate of drug-likeness (QED) is 0.821. The van der Waals surface area contributed by atoms with Crippen LogP contribution in [0.5, 0.6) is 0 Å². The van der Waals surface area contributed by atoms with Crippen molar-refractivity contribution in [2.24, 2.45) is 0 Å². The average Bonchev–Trinajstić information content (AvgIpc) is 2.41. The zero-order chi connectivity index (χ0) is 13.9. The molecule has 0 aliphatic heterocycles. The minimum atomic E-state index is -3.09. The molecular weight excluding hydrogens is 258 g/mol. The van der Waals surface area contributed by atoms with Gasteiger partial charge in [-0.15, -0.1) is 0 Å². The predicted octanol–water partition coefficient (Wildman–Crippen LogP) is 4.17. The van der Waals surface area contributed by atoms with Crippen LogP contribution in [-0.2, 0) is 5.92 Å². The maximum Gasteiger partial charge on any atom is 0.290 e. The highest BCUT2D eigenvalue weighted by atomic mass is 19.3. The molecule has 0 saturated heterocycles. The van der Waals surface area contributed by atoms with Crippen molar-refractivity contribution < 1.29 is 17.6 Å². The SMILES string of the molecule is Fc1ccc(NCC(F)(F)c2ccccc2)cc1F. The van der Waals surface area contributed by atoms with Crippen LogP contribution >= 0.6 is 0 Å². The van der Waals surface area contributed by atoms with Crippen LogP contribution < -0.4 is 5.32 Å². The van der Waals surface area contributed by atoms with Crippen molar-refractivity contribution in [3.8, 4) is 0 Å². The van der Waals surface area contributed by atoms with Crippen LogP contribution in [0, 0.1) is 11.6 Å². The molecule has 19 heavy (non-hydrogen) atoms. The number of hydrogen-bond donors (Lipinski definition) is 1. The Balaban J connectivity index is 2.07. The lowest BCUT2D eigenvalue weighted by Crippen LogP contribution is -2.24. The number of halogens is 4. The van der Waals surface area contributed by atoms with Gasteiger partial charge in [0.25, 0.3) is 5.92 Å². The van der Waals surface area contributed by atoms with Crippen LogP contribution in [0.15, 0.2) is 48.5 Å². The van der Waals surface area contributed by atoms with Crippen LogP contribution in [0.2, 0.25) is 0 Å². The third-order valence-corrected chi connectivity index (χ3v) is 2.63. The van der Waals surface area contributed by atoms with Crippen molar-refractivity contribution in [1.29, 1.82) is 0 Å². The van der Waals surface area contributed by atoms with E-state index in [-0.39, 0.29) is 11.3 Å². The van der Waals surface area contributed by atoms with Gasteiger partial charge < -0.3 is 5.32 Å². The molecule has 100 valence electrons. The molecule has 0 bridgehead atoms. The first-order valence-corrected chi connectivity index (χ1v) is 5.61. The Morgan fingerprint density at radius 2 is 1.58 bits per heavy atom. The van der Waals surface area contributed by atoms with Gasteiger partial charge in [0, 0.05) is 17.3 Å². The number of nitrogens with one attached hydrogen (secondary N) is 1. The van der Waals surface area contributed by atoms with Crippen LogP contribution in [0.25, 0.3) is 0 Å². The van der Waals surface area contributed by atoms with Gasteiger partial charge in [-0.25, -0.2) is 8.78 Å². The van der Waals surface area contributed by atoms with Crippen LogP contribution in [0.4, 0.5) is 23.2 Å². The second-order valence-electron chi connectivity index (χ2n) is 4.05. The third-order valence-electron chi connectivity index (χ3n) is 2.63. The molecular formula is C14H11F4N. The van der Waals surface area contributed by atoms with E-state index >= 15 is 0 Å². The zero-order valence-electron chi connectivity index (χ0n) is 9.84. The largest absolute Gasteiger partial charge is 0.379 e. The van der Waals surface area contributed by atoms with Crippen molar-refractivity contribution in [3.63, 3.8) is 0 Å². The summed E-state index contributed by atoms with van der Waals surface area (Å²) in [6, 6.07) is 10.2. The molecule has 0 heterocycles. The van der Waals surface area contributed by atoms with Crippen LogP contribution in [0.1, 0.15) is 5.56 Å². The van der Waals surface area contributed by atoms with E-state index in [0.717, 1.165) is 12.1 Å². The first-order valence-electron chi connectivity index (χ1n) is 5.61. The van der Waals surface area contributed by atoms with E-state index in [2.05, 4.69) is 5.32 Å². The highest BCUT2D eigenvalue weighted by Gasteiger charge is 2.30. The molecule has 1 nitrogen and oxygen atoms in total. The lowest BCUT2D eigenvalue weighted by molar-refractivity contribution is 0.0106. The molecule has 0 unspecified atom stereocenters. The second-order valence-corrected chi connectivity index (χ2v) is 4.05. The number of hydrogen-bond acceptors (Lipinski definition) is 1. The smallest absolute Gasteiger partial charge is 0.290 e. The Morgan fingerprint density at radius 1 is 0.895 bits per heavy atom. The van der Waals surface area contributed by atoms with E-state index in [1.165, 1.54) is 30.3 Å². The van der Waals surface area contributed by atoms with Gasteiger partial charge in [-0.1, -0.05) is 30.3 Å². The van der Waals surface area contributed by atoms with Gasteiger partial charge in [-0.2, -0.15) is 8.78 Å². The summed E-state index contributed by atoms with van der Waals surface area (Å²) in [6.07, 6.45) is 0. The first kappa shape index (κ1) is 13.4. The van der Waals surface area contributed by atoms with Crippen LogP contribution in [-0.4, -0.2) is 6.54 Å².